The Hall–Kier alpha value is -1.66. The summed E-state index contributed by atoms with van der Waals surface area (Å²) in [6.45, 7) is 1.65. The highest BCUT2D eigenvalue weighted by atomic mass is 35.5. The van der Waals surface area contributed by atoms with E-state index < -0.39 is 28.6 Å². The molecular formula is C16H13ClF3NOS. The van der Waals surface area contributed by atoms with E-state index in [9.17, 15) is 18.0 Å². The summed E-state index contributed by atoms with van der Waals surface area (Å²) in [6, 6.07) is 8.93. The van der Waals surface area contributed by atoms with Crippen LogP contribution in [0.3, 0.4) is 0 Å². The molecule has 2 aromatic carbocycles. The summed E-state index contributed by atoms with van der Waals surface area (Å²) in [5, 5.41) is 2.38. The molecule has 2 rings (SSSR count). The van der Waals surface area contributed by atoms with Crippen molar-refractivity contribution in [2.45, 2.75) is 17.9 Å². The van der Waals surface area contributed by atoms with Gasteiger partial charge in [-0.05, 0) is 36.8 Å². The first-order valence-electron chi connectivity index (χ1n) is 6.69. The fourth-order valence-corrected chi connectivity index (χ4v) is 2.71. The maximum atomic E-state index is 13.5. The third-order valence-corrected chi connectivity index (χ3v) is 4.54. The largest absolute Gasteiger partial charge is 0.323 e. The minimum absolute atomic E-state index is 0.382. The zero-order valence-corrected chi connectivity index (χ0v) is 13.6. The summed E-state index contributed by atoms with van der Waals surface area (Å²) in [7, 11) is 0. The molecule has 0 saturated carbocycles. The molecule has 0 aliphatic rings. The van der Waals surface area contributed by atoms with Crippen LogP contribution >= 0.6 is 23.4 Å². The molecule has 23 heavy (non-hydrogen) atoms. The molecule has 7 heteroatoms. The van der Waals surface area contributed by atoms with Crippen LogP contribution in [-0.2, 0) is 10.5 Å². The van der Waals surface area contributed by atoms with E-state index >= 15 is 0 Å². The Kier molecular flexibility index (Phi) is 5.96. The second-order valence-corrected chi connectivity index (χ2v) is 6.56. The lowest BCUT2D eigenvalue weighted by atomic mass is 10.2. The summed E-state index contributed by atoms with van der Waals surface area (Å²) >= 11 is 7.12. The fourth-order valence-electron chi connectivity index (χ4n) is 1.73. The monoisotopic (exact) mass is 359 g/mol. The topological polar surface area (TPSA) is 29.1 Å². The molecule has 122 valence electrons. The van der Waals surface area contributed by atoms with Gasteiger partial charge in [-0.1, -0.05) is 23.7 Å². The van der Waals surface area contributed by atoms with Crippen molar-refractivity contribution in [2.75, 3.05) is 5.32 Å². The summed E-state index contributed by atoms with van der Waals surface area (Å²) in [5.41, 5.74) is 0.603. The van der Waals surface area contributed by atoms with Crippen molar-refractivity contribution in [1.29, 1.82) is 0 Å². The molecule has 0 spiro atoms. The minimum Gasteiger partial charge on any atom is -0.323 e. The Morgan fingerprint density at radius 1 is 1.13 bits per heavy atom. The molecule has 0 saturated heterocycles. The molecule has 0 bridgehead atoms. The molecule has 1 atom stereocenters. The minimum atomic E-state index is -1.61. The molecule has 2 nitrogen and oxygen atoms in total. The summed E-state index contributed by atoms with van der Waals surface area (Å²) in [6.07, 6.45) is 0. The van der Waals surface area contributed by atoms with Gasteiger partial charge in [0.05, 0.1) is 10.9 Å². The van der Waals surface area contributed by atoms with Crippen molar-refractivity contribution in [1.82, 2.24) is 0 Å². The molecule has 0 heterocycles. The van der Waals surface area contributed by atoms with Crippen LogP contribution in [0.25, 0.3) is 0 Å². The number of hydrogen-bond acceptors (Lipinski definition) is 2. The van der Waals surface area contributed by atoms with Crippen molar-refractivity contribution >= 4 is 35.0 Å². The van der Waals surface area contributed by atoms with Crippen molar-refractivity contribution in [3.8, 4) is 0 Å². The number of anilines is 1. The van der Waals surface area contributed by atoms with E-state index in [0.717, 1.165) is 17.7 Å². The van der Waals surface area contributed by atoms with E-state index in [2.05, 4.69) is 5.32 Å². The molecule has 0 aliphatic heterocycles. The first-order chi connectivity index (χ1) is 10.9. The lowest BCUT2D eigenvalue weighted by Crippen LogP contribution is -2.23. The molecule has 0 fully saturated rings. The van der Waals surface area contributed by atoms with Crippen LogP contribution in [0.1, 0.15) is 12.5 Å². The van der Waals surface area contributed by atoms with Crippen LogP contribution in [0.2, 0.25) is 5.02 Å². The Morgan fingerprint density at radius 2 is 1.78 bits per heavy atom. The second-order valence-electron chi connectivity index (χ2n) is 4.79. The SMILES string of the molecule is CC(SCc1ccc(Cl)cc1)C(=O)Nc1ccc(F)c(F)c1F. The first-order valence-corrected chi connectivity index (χ1v) is 8.11. The van der Waals surface area contributed by atoms with Gasteiger partial charge in [-0.2, -0.15) is 0 Å². The van der Waals surface area contributed by atoms with Crippen LogP contribution in [-0.4, -0.2) is 11.2 Å². The molecule has 2 aromatic rings. The highest BCUT2D eigenvalue weighted by Gasteiger charge is 2.18. The number of halogens is 4. The van der Waals surface area contributed by atoms with Crippen LogP contribution in [0.4, 0.5) is 18.9 Å². The van der Waals surface area contributed by atoms with E-state index in [1.54, 1.807) is 19.1 Å². The van der Waals surface area contributed by atoms with Gasteiger partial charge in [0.15, 0.2) is 17.5 Å². The third-order valence-electron chi connectivity index (χ3n) is 3.08. The van der Waals surface area contributed by atoms with E-state index in [4.69, 9.17) is 11.6 Å². The van der Waals surface area contributed by atoms with Crippen LogP contribution in [0.15, 0.2) is 36.4 Å². The van der Waals surface area contributed by atoms with Crippen LogP contribution < -0.4 is 5.32 Å². The lowest BCUT2D eigenvalue weighted by molar-refractivity contribution is -0.115. The maximum Gasteiger partial charge on any atom is 0.237 e. The van der Waals surface area contributed by atoms with E-state index in [1.165, 1.54) is 11.8 Å². The zero-order chi connectivity index (χ0) is 17.0. The number of rotatable bonds is 5. The fraction of sp³-hybridized carbons (Fsp3) is 0.188. The van der Waals surface area contributed by atoms with Crippen LogP contribution in [0.5, 0.6) is 0 Å². The standard InChI is InChI=1S/C16H13ClF3NOS/c1-9(23-8-10-2-4-11(17)5-3-10)16(22)21-13-7-6-12(18)14(19)15(13)20/h2-7,9H,8H2,1H3,(H,21,22). The van der Waals surface area contributed by atoms with Gasteiger partial charge in [0.25, 0.3) is 0 Å². The Labute approximate surface area is 141 Å². The van der Waals surface area contributed by atoms with Gasteiger partial charge in [-0.15, -0.1) is 11.8 Å². The Balaban J connectivity index is 1.95. The first kappa shape index (κ1) is 17.7. The number of carbonyl (C=O) groups excluding carboxylic acids is 1. The normalized spacial score (nSPS) is 12.0. The molecule has 0 aliphatic carbocycles. The number of amides is 1. The molecule has 1 N–H and O–H groups in total. The van der Waals surface area contributed by atoms with Crippen molar-refractivity contribution in [3.63, 3.8) is 0 Å². The van der Waals surface area contributed by atoms with Gasteiger partial charge in [0.2, 0.25) is 5.91 Å². The molecule has 0 aromatic heterocycles. The second kappa shape index (κ2) is 7.75. The van der Waals surface area contributed by atoms with Gasteiger partial charge in [0, 0.05) is 10.8 Å². The van der Waals surface area contributed by atoms with Crippen molar-refractivity contribution in [2.24, 2.45) is 0 Å². The van der Waals surface area contributed by atoms with Gasteiger partial charge in [-0.3, -0.25) is 4.79 Å². The number of benzene rings is 2. The molecular weight excluding hydrogens is 347 g/mol. The number of nitrogens with one attached hydrogen (secondary N) is 1. The molecule has 1 amide bonds. The lowest BCUT2D eigenvalue weighted by Gasteiger charge is -2.13. The van der Waals surface area contributed by atoms with Gasteiger partial charge < -0.3 is 5.32 Å². The van der Waals surface area contributed by atoms with Gasteiger partial charge >= 0.3 is 0 Å². The molecule has 0 radical (unpaired) electrons. The van der Waals surface area contributed by atoms with Crippen molar-refractivity contribution < 1.29 is 18.0 Å². The predicted molar refractivity (Wildman–Crippen MR) is 87.2 cm³/mol. The van der Waals surface area contributed by atoms with Crippen LogP contribution in [0, 0.1) is 17.5 Å². The predicted octanol–water partition coefficient (Wildman–Crippen LogP) is 5.02. The summed E-state index contributed by atoms with van der Waals surface area (Å²) in [4.78, 5) is 12.0. The highest BCUT2D eigenvalue weighted by molar-refractivity contribution is 7.99. The third kappa shape index (κ3) is 4.65. The summed E-state index contributed by atoms with van der Waals surface area (Å²) in [5.74, 6) is -4.25. The Morgan fingerprint density at radius 3 is 2.43 bits per heavy atom. The van der Waals surface area contributed by atoms with Gasteiger partial charge in [-0.25, -0.2) is 13.2 Å². The van der Waals surface area contributed by atoms with E-state index in [0.29, 0.717) is 10.8 Å². The average molecular weight is 360 g/mol. The number of thioether (sulfide) groups is 1. The maximum absolute atomic E-state index is 13.5. The average Bonchev–Trinajstić information content (AvgIpc) is 2.54. The van der Waals surface area contributed by atoms with Gasteiger partial charge in [0.1, 0.15) is 0 Å². The molecule has 1 unspecified atom stereocenters. The summed E-state index contributed by atoms with van der Waals surface area (Å²) < 4.78 is 39.5. The quantitative estimate of drug-likeness (QED) is 0.760. The van der Waals surface area contributed by atoms with E-state index in [-0.39, 0.29) is 5.69 Å². The van der Waals surface area contributed by atoms with Crippen molar-refractivity contribution in [3.05, 3.63) is 64.4 Å². The van der Waals surface area contributed by atoms with E-state index in [1.807, 2.05) is 12.1 Å². The Bertz CT molecular complexity index is 709. The number of hydrogen-bond donors (Lipinski definition) is 1. The highest BCUT2D eigenvalue weighted by Crippen LogP contribution is 2.23. The smallest absolute Gasteiger partial charge is 0.237 e. The number of carbonyl (C=O) groups is 1. The zero-order valence-electron chi connectivity index (χ0n) is 12.1.